The van der Waals surface area contributed by atoms with Gasteiger partial charge in [0, 0.05) is 18.9 Å². The molecule has 1 amide bonds. The van der Waals surface area contributed by atoms with Gasteiger partial charge in [-0.3, -0.25) is 15.0 Å². The topological polar surface area (TPSA) is 87.7 Å². The van der Waals surface area contributed by atoms with Crippen molar-refractivity contribution in [2.24, 2.45) is 11.8 Å². The van der Waals surface area contributed by atoms with Gasteiger partial charge in [-0.15, -0.1) is 0 Å². The van der Waals surface area contributed by atoms with Crippen molar-refractivity contribution >= 4 is 11.9 Å². The summed E-state index contributed by atoms with van der Waals surface area (Å²) in [6, 6.07) is 9.70. The van der Waals surface area contributed by atoms with Crippen molar-refractivity contribution < 1.29 is 19.4 Å². The number of hydrazine groups is 1. The average Bonchev–Trinajstić information content (AvgIpc) is 3.27. The van der Waals surface area contributed by atoms with E-state index in [4.69, 9.17) is 9.84 Å². The average molecular weight is 386 g/mol. The maximum absolute atomic E-state index is 12.1. The number of carboxylic acids is 1. The lowest BCUT2D eigenvalue weighted by atomic mass is 9.77. The van der Waals surface area contributed by atoms with E-state index in [2.05, 4.69) is 23.0 Å². The van der Waals surface area contributed by atoms with Crippen LogP contribution in [0.5, 0.6) is 0 Å². The zero-order valence-electron chi connectivity index (χ0n) is 16.2. The molecule has 2 fully saturated rings. The minimum Gasteiger partial charge on any atom is -0.481 e. The molecule has 1 aromatic carbocycles. The van der Waals surface area contributed by atoms with E-state index in [1.54, 1.807) is 0 Å². The van der Waals surface area contributed by atoms with Crippen LogP contribution in [0.25, 0.3) is 0 Å². The first-order chi connectivity index (χ1) is 13.6. The van der Waals surface area contributed by atoms with Crippen LogP contribution in [0.1, 0.15) is 44.1 Å². The molecule has 0 aliphatic carbocycles. The quantitative estimate of drug-likeness (QED) is 0.309. The summed E-state index contributed by atoms with van der Waals surface area (Å²) in [5.41, 5.74) is 6.93. The number of allylic oxidation sites excluding steroid dienone is 2. The van der Waals surface area contributed by atoms with Crippen LogP contribution in [0.3, 0.4) is 0 Å². The molecule has 3 rings (SSSR count). The van der Waals surface area contributed by atoms with Crippen molar-refractivity contribution in [1.29, 1.82) is 0 Å². The molecule has 1 unspecified atom stereocenters. The predicted molar refractivity (Wildman–Crippen MR) is 106 cm³/mol. The number of benzene rings is 1. The van der Waals surface area contributed by atoms with Gasteiger partial charge in [-0.05, 0) is 43.6 Å². The van der Waals surface area contributed by atoms with Crippen molar-refractivity contribution in [3.05, 3.63) is 48.0 Å². The van der Waals surface area contributed by atoms with E-state index in [0.29, 0.717) is 37.3 Å². The molecule has 2 aliphatic heterocycles. The minimum atomic E-state index is -0.740. The molecule has 2 saturated heterocycles. The zero-order valence-corrected chi connectivity index (χ0v) is 16.2. The highest BCUT2D eigenvalue weighted by atomic mass is 16.5. The molecule has 2 heterocycles. The second-order valence-corrected chi connectivity index (χ2v) is 7.70. The SMILES string of the molecule is O=C(O)CCC/C=C\C[C@@H]1C(CNNC(=O)Cc2ccccc2)[C@H]2CC[C@@H]1O2. The molecule has 152 valence electrons. The first-order valence-electron chi connectivity index (χ1n) is 10.2. The van der Waals surface area contributed by atoms with Crippen LogP contribution in [0.4, 0.5) is 0 Å². The van der Waals surface area contributed by atoms with Crippen LogP contribution >= 0.6 is 0 Å². The number of ether oxygens (including phenoxy) is 1. The lowest BCUT2D eigenvalue weighted by Gasteiger charge is -2.27. The number of rotatable bonds is 11. The van der Waals surface area contributed by atoms with E-state index in [-0.39, 0.29) is 18.4 Å². The number of carboxylic acid groups (broad SMARTS) is 1. The maximum Gasteiger partial charge on any atom is 0.303 e. The molecule has 0 radical (unpaired) electrons. The highest BCUT2D eigenvalue weighted by Crippen LogP contribution is 2.44. The Kier molecular flexibility index (Phi) is 7.62. The Hall–Kier alpha value is -2.18. The van der Waals surface area contributed by atoms with Crippen LogP contribution < -0.4 is 10.9 Å². The molecule has 3 N–H and O–H groups in total. The molecular formula is C22H30N2O4. The van der Waals surface area contributed by atoms with Gasteiger partial charge in [0.05, 0.1) is 18.6 Å². The van der Waals surface area contributed by atoms with Crippen molar-refractivity contribution in [2.45, 2.75) is 57.2 Å². The summed E-state index contributed by atoms with van der Waals surface area (Å²) in [4.78, 5) is 22.6. The number of fused-ring (bicyclic) bond motifs is 2. The van der Waals surface area contributed by atoms with Gasteiger partial charge in [-0.1, -0.05) is 42.5 Å². The molecule has 0 spiro atoms. The fraction of sp³-hybridized carbons (Fsp3) is 0.545. The Bertz CT molecular complexity index is 676. The van der Waals surface area contributed by atoms with Crippen molar-refractivity contribution in [2.75, 3.05) is 6.54 Å². The van der Waals surface area contributed by atoms with E-state index >= 15 is 0 Å². The summed E-state index contributed by atoms with van der Waals surface area (Å²) in [6.07, 6.45) is 10.0. The first kappa shape index (κ1) is 20.6. The summed E-state index contributed by atoms with van der Waals surface area (Å²) in [6.45, 7) is 0.708. The monoisotopic (exact) mass is 386 g/mol. The third-order valence-corrected chi connectivity index (χ3v) is 5.70. The molecule has 6 heteroatoms. The van der Waals surface area contributed by atoms with E-state index < -0.39 is 5.97 Å². The molecule has 2 aliphatic rings. The predicted octanol–water partition coefficient (Wildman–Crippen LogP) is 2.84. The van der Waals surface area contributed by atoms with Gasteiger partial charge in [0.2, 0.25) is 5.91 Å². The van der Waals surface area contributed by atoms with Crippen LogP contribution in [-0.4, -0.2) is 35.7 Å². The second-order valence-electron chi connectivity index (χ2n) is 7.70. The lowest BCUT2D eigenvalue weighted by molar-refractivity contribution is -0.137. The Morgan fingerprint density at radius 3 is 2.61 bits per heavy atom. The fourth-order valence-corrected chi connectivity index (χ4v) is 4.32. The highest BCUT2D eigenvalue weighted by molar-refractivity contribution is 5.78. The normalized spacial score (nSPS) is 26.0. The Labute approximate surface area is 166 Å². The van der Waals surface area contributed by atoms with Gasteiger partial charge in [-0.25, -0.2) is 5.43 Å². The van der Waals surface area contributed by atoms with Gasteiger partial charge in [0.1, 0.15) is 0 Å². The number of amides is 1. The van der Waals surface area contributed by atoms with E-state index in [9.17, 15) is 9.59 Å². The summed E-state index contributed by atoms with van der Waals surface area (Å²) >= 11 is 0. The second kappa shape index (κ2) is 10.4. The van der Waals surface area contributed by atoms with E-state index in [0.717, 1.165) is 31.2 Å². The molecule has 0 aromatic heterocycles. The highest BCUT2D eigenvalue weighted by Gasteiger charge is 2.47. The maximum atomic E-state index is 12.1. The standard InChI is InChI=1S/C22H30N2O4/c25-21(14-16-8-4-3-5-9-16)24-23-15-18-17(19-12-13-20(18)28-19)10-6-1-2-7-11-22(26)27/h1,3-6,8-9,17-20,23H,2,7,10-15H2,(H,24,25)(H,26,27)/b6-1-/t17-,18?,19+,20-/m1/s1. The van der Waals surface area contributed by atoms with Gasteiger partial charge in [0.25, 0.3) is 0 Å². The summed E-state index contributed by atoms with van der Waals surface area (Å²) in [7, 11) is 0. The summed E-state index contributed by atoms with van der Waals surface area (Å²) in [5.74, 6) is 0.0629. The molecule has 2 bridgehead atoms. The number of nitrogens with one attached hydrogen (secondary N) is 2. The van der Waals surface area contributed by atoms with Crippen molar-refractivity contribution in [1.82, 2.24) is 10.9 Å². The largest absolute Gasteiger partial charge is 0.481 e. The van der Waals surface area contributed by atoms with E-state index in [1.165, 1.54) is 0 Å². The number of aliphatic carboxylic acids is 1. The third-order valence-electron chi connectivity index (χ3n) is 5.70. The smallest absolute Gasteiger partial charge is 0.303 e. The molecule has 4 atom stereocenters. The summed E-state index contributed by atoms with van der Waals surface area (Å²) < 4.78 is 6.10. The van der Waals surface area contributed by atoms with Gasteiger partial charge >= 0.3 is 5.97 Å². The van der Waals surface area contributed by atoms with Crippen molar-refractivity contribution in [3.8, 4) is 0 Å². The number of carbonyl (C=O) groups excluding carboxylic acids is 1. The summed E-state index contributed by atoms with van der Waals surface area (Å²) in [5, 5.41) is 8.68. The molecule has 0 saturated carbocycles. The Balaban J connectivity index is 1.40. The number of hydrogen-bond donors (Lipinski definition) is 3. The minimum absolute atomic E-state index is 0.0369. The number of hydrogen-bond acceptors (Lipinski definition) is 4. The van der Waals surface area contributed by atoms with Crippen LogP contribution in [0.15, 0.2) is 42.5 Å². The Morgan fingerprint density at radius 1 is 1.11 bits per heavy atom. The van der Waals surface area contributed by atoms with Gasteiger partial charge in [-0.2, -0.15) is 0 Å². The number of carbonyl (C=O) groups is 2. The Morgan fingerprint density at radius 2 is 1.86 bits per heavy atom. The zero-order chi connectivity index (χ0) is 19.8. The van der Waals surface area contributed by atoms with Crippen LogP contribution in [0, 0.1) is 11.8 Å². The molecular weight excluding hydrogens is 356 g/mol. The molecule has 1 aromatic rings. The van der Waals surface area contributed by atoms with Crippen LogP contribution in [-0.2, 0) is 20.7 Å². The van der Waals surface area contributed by atoms with Gasteiger partial charge < -0.3 is 9.84 Å². The van der Waals surface area contributed by atoms with Crippen molar-refractivity contribution in [3.63, 3.8) is 0 Å². The number of unbranched alkanes of at least 4 members (excludes halogenated alkanes) is 1. The third kappa shape index (κ3) is 5.91. The fourth-order valence-electron chi connectivity index (χ4n) is 4.32. The molecule has 6 nitrogen and oxygen atoms in total. The van der Waals surface area contributed by atoms with Gasteiger partial charge in [0.15, 0.2) is 0 Å². The van der Waals surface area contributed by atoms with Crippen LogP contribution in [0.2, 0.25) is 0 Å². The lowest BCUT2D eigenvalue weighted by Crippen LogP contribution is -2.44. The molecule has 28 heavy (non-hydrogen) atoms. The van der Waals surface area contributed by atoms with E-state index in [1.807, 2.05) is 30.3 Å². The first-order valence-corrected chi connectivity index (χ1v) is 10.2.